The highest BCUT2D eigenvalue weighted by atomic mass is 16.7. The van der Waals surface area contributed by atoms with E-state index in [0.29, 0.717) is 47.0 Å². The molecule has 5 aliphatic rings. The van der Waals surface area contributed by atoms with Crippen LogP contribution in [0.5, 0.6) is 28.7 Å². The van der Waals surface area contributed by atoms with Crippen molar-refractivity contribution in [3.8, 4) is 34.8 Å². The number of likely N-dealkylation sites (N-methyl/N-ethyl adjacent to an activating group) is 1. The molecule has 5 atom stereocenters. The molecule has 8 rings (SSSR count). The predicted octanol–water partition coefficient (Wildman–Crippen LogP) is 3.82. The van der Waals surface area contributed by atoms with Crippen molar-refractivity contribution in [1.29, 1.82) is 5.26 Å². The van der Waals surface area contributed by atoms with Gasteiger partial charge in [0.05, 0.1) is 43.5 Å². The molecule has 11 heteroatoms. The van der Waals surface area contributed by atoms with Crippen molar-refractivity contribution in [2.75, 3.05) is 34.6 Å². The average molecular weight is 623 g/mol. The molecular weight excluding hydrogens is 588 g/mol. The van der Waals surface area contributed by atoms with E-state index in [1.54, 1.807) is 38.5 Å². The van der Waals surface area contributed by atoms with Crippen LogP contribution in [0.4, 0.5) is 0 Å². The van der Waals surface area contributed by atoms with Crippen LogP contribution >= 0.6 is 0 Å². The van der Waals surface area contributed by atoms with Crippen LogP contribution in [-0.2, 0) is 12.8 Å². The summed E-state index contributed by atoms with van der Waals surface area (Å²) in [6.07, 6.45) is 0.993. The Hall–Kier alpha value is -4.79. The van der Waals surface area contributed by atoms with Gasteiger partial charge < -0.3 is 24.1 Å². The minimum absolute atomic E-state index is 0.00471. The summed E-state index contributed by atoms with van der Waals surface area (Å²) in [6.45, 7) is 3.85. The van der Waals surface area contributed by atoms with E-state index in [1.807, 2.05) is 20.9 Å². The molecule has 0 aromatic heterocycles. The number of aromatic hydroxyl groups is 1. The zero-order valence-corrected chi connectivity index (χ0v) is 26.3. The number of aryl methyl sites for hydroxylation is 1. The average Bonchev–Trinajstić information content (AvgIpc) is 3.62. The summed E-state index contributed by atoms with van der Waals surface area (Å²) in [7, 11) is 5.17. The van der Waals surface area contributed by atoms with Crippen molar-refractivity contribution in [3.05, 3.63) is 74.8 Å². The van der Waals surface area contributed by atoms with Gasteiger partial charge in [-0.05, 0) is 57.0 Å². The van der Waals surface area contributed by atoms with Crippen molar-refractivity contribution < 1.29 is 33.6 Å². The van der Waals surface area contributed by atoms with Gasteiger partial charge in [-0.2, -0.15) is 5.26 Å². The number of imide groups is 1. The number of methoxy groups -OCH3 is 2. The fourth-order valence-corrected chi connectivity index (χ4v) is 8.86. The number of nitrogens with zero attached hydrogens (tertiary/aromatic N) is 4. The molecule has 46 heavy (non-hydrogen) atoms. The number of ether oxygens (including phenoxy) is 4. The van der Waals surface area contributed by atoms with Crippen molar-refractivity contribution in [2.24, 2.45) is 0 Å². The second-order valence-corrected chi connectivity index (χ2v) is 12.7. The monoisotopic (exact) mass is 622 g/mol. The van der Waals surface area contributed by atoms with Gasteiger partial charge >= 0.3 is 0 Å². The van der Waals surface area contributed by atoms with Crippen LogP contribution in [0.1, 0.15) is 66.2 Å². The van der Waals surface area contributed by atoms with E-state index in [1.165, 1.54) is 4.90 Å². The van der Waals surface area contributed by atoms with Crippen molar-refractivity contribution in [3.63, 3.8) is 0 Å². The smallest absolute Gasteiger partial charge is 0.261 e. The van der Waals surface area contributed by atoms with Crippen molar-refractivity contribution in [2.45, 2.75) is 56.9 Å². The summed E-state index contributed by atoms with van der Waals surface area (Å²) in [4.78, 5) is 33.2. The number of phenols is 1. The third-order valence-corrected chi connectivity index (χ3v) is 10.7. The molecule has 0 unspecified atom stereocenters. The first kappa shape index (κ1) is 28.7. The lowest BCUT2D eigenvalue weighted by molar-refractivity contribution is -0.0758. The molecule has 5 aliphatic heterocycles. The quantitative estimate of drug-likeness (QED) is 0.430. The Kier molecular flexibility index (Phi) is 6.30. The summed E-state index contributed by atoms with van der Waals surface area (Å²) in [5, 5.41) is 22.6. The minimum atomic E-state index is -0.625. The number of nitriles is 1. The van der Waals surface area contributed by atoms with Crippen LogP contribution in [0.15, 0.2) is 30.3 Å². The number of hydrogen-bond acceptors (Lipinski definition) is 10. The van der Waals surface area contributed by atoms with Gasteiger partial charge in [0, 0.05) is 40.9 Å². The molecule has 11 nitrogen and oxygen atoms in total. The number of piperazine rings is 1. The number of carbonyl (C=O) groups is 2. The zero-order valence-electron chi connectivity index (χ0n) is 26.3. The molecule has 1 N–H and O–H groups in total. The Labute approximate surface area is 266 Å². The van der Waals surface area contributed by atoms with Gasteiger partial charge in [-0.25, -0.2) is 0 Å². The summed E-state index contributed by atoms with van der Waals surface area (Å²) < 4.78 is 23.8. The Balaban J connectivity index is 1.36. The van der Waals surface area contributed by atoms with Gasteiger partial charge in [0.15, 0.2) is 23.0 Å². The first-order chi connectivity index (χ1) is 22.2. The number of carbonyl (C=O) groups excluding carboxylic acids is 2. The summed E-state index contributed by atoms with van der Waals surface area (Å²) >= 11 is 0. The highest BCUT2D eigenvalue weighted by Gasteiger charge is 2.57. The lowest BCUT2D eigenvalue weighted by Gasteiger charge is -2.60. The maximum atomic E-state index is 13.8. The molecular formula is C35H34N4O7. The van der Waals surface area contributed by atoms with Gasteiger partial charge in [0.1, 0.15) is 11.8 Å². The number of amides is 2. The second kappa shape index (κ2) is 10.1. The summed E-state index contributed by atoms with van der Waals surface area (Å²) in [5.74, 6) is 1.54. The molecule has 1 fully saturated rings. The van der Waals surface area contributed by atoms with Crippen LogP contribution < -0.4 is 18.9 Å². The molecule has 236 valence electrons. The molecule has 0 saturated carbocycles. The maximum absolute atomic E-state index is 13.8. The summed E-state index contributed by atoms with van der Waals surface area (Å²) in [5.41, 5.74) is 5.74. The number of hydrogen-bond donors (Lipinski definition) is 1. The van der Waals surface area contributed by atoms with Crippen molar-refractivity contribution >= 4 is 11.8 Å². The van der Waals surface area contributed by atoms with Crippen LogP contribution in [0, 0.1) is 25.2 Å². The first-order valence-corrected chi connectivity index (χ1v) is 15.4. The van der Waals surface area contributed by atoms with Gasteiger partial charge in [0.25, 0.3) is 11.8 Å². The Bertz CT molecular complexity index is 1870. The highest BCUT2D eigenvalue weighted by Crippen LogP contribution is 2.58. The summed E-state index contributed by atoms with van der Waals surface area (Å²) in [6, 6.07) is 9.36. The Morgan fingerprint density at radius 3 is 2.30 bits per heavy atom. The Morgan fingerprint density at radius 2 is 1.65 bits per heavy atom. The van der Waals surface area contributed by atoms with E-state index in [9.17, 15) is 20.0 Å². The van der Waals surface area contributed by atoms with E-state index in [0.717, 1.165) is 33.4 Å². The first-order valence-electron chi connectivity index (χ1n) is 15.4. The fraction of sp³-hybridized carbons (Fsp3) is 0.400. The van der Waals surface area contributed by atoms with E-state index in [2.05, 4.69) is 21.9 Å². The van der Waals surface area contributed by atoms with E-state index in [4.69, 9.17) is 18.9 Å². The molecule has 3 aromatic rings. The molecule has 0 radical (unpaired) electrons. The fourth-order valence-electron chi connectivity index (χ4n) is 8.86. The van der Waals surface area contributed by atoms with Crippen LogP contribution in [0.25, 0.3) is 0 Å². The van der Waals surface area contributed by atoms with Gasteiger partial charge in [-0.1, -0.05) is 18.2 Å². The largest absolute Gasteiger partial charge is 0.504 e. The van der Waals surface area contributed by atoms with Crippen molar-refractivity contribution in [1.82, 2.24) is 14.7 Å². The number of fused-ring (bicyclic) bond motifs is 10. The third kappa shape index (κ3) is 3.59. The van der Waals surface area contributed by atoms with Gasteiger partial charge in [-0.3, -0.25) is 24.3 Å². The number of rotatable bonds is 4. The maximum Gasteiger partial charge on any atom is 0.261 e. The highest BCUT2D eigenvalue weighted by molar-refractivity contribution is 6.21. The normalized spacial score (nSPS) is 25.8. The van der Waals surface area contributed by atoms with E-state index < -0.39 is 12.1 Å². The lowest BCUT2D eigenvalue weighted by Crippen LogP contribution is -2.68. The third-order valence-electron chi connectivity index (χ3n) is 10.7. The molecule has 0 spiro atoms. The van der Waals surface area contributed by atoms with E-state index >= 15 is 0 Å². The number of phenolic OH excluding ortho intramolecular Hbond substituents is 1. The topological polar surface area (TPSA) is 125 Å². The number of benzene rings is 3. The molecule has 1 saturated heterocycles. The van der Waals surface area contributed by atoms with Gasteiger partial charge in [-0.15, -0.1) is 0 Å². The SMILES string of the molecule is COc1c(C)cc2c(c1O)[C@@H]1[C@@H]3Cc4c(OC)c(C)c5c(c4[C@H](CN4C(=O)c6ccccc6C4=O)N3[C@@H](C#N)[C@H](C2)N1C)OCO5. The van der Waals surface area contributed by atoms with Crippen LogP contribution in [-0.4, -0.2) is 84.4 Å². The lowest BCUT2D eigenvalue weighted by atomic mass is 9.71. The van der Waals surface area contributed by atoms with E-state index in [-0.39, 0.29) is 49.0 Å². The molecule has 0 aliphatic carbocycles. The zero-order chi connectivity index (χ0) is 32.2. The van der Waals surface area contributed by atoms with Crippen LogP contribution in [0.3, 0.4) is 0 Å². The molecule has 2 amide bonds. The van der Waals surface area contributed by atoms with Crippen LogP contribution in [0.2, 0.25) is 0 Å². The second-order valence-electron chi connectivity index (χ2n) is 12.7. The molecule has 2 bridgehead atoms. The Morgan fingerprint density at radius 1 is 0.978 bits per heavy atom. The predicted molar refractivity (Wildman–Crippen MR) is 165 cm³/mol. The molecule has 5 heterocycles. The van der Waals surface area contributed by atoms with Gasteiger partial charge in [0.2, 0.25) is 6.79 Å². The standard InChI is InChI=1S/C35H34N4O7/c1-16-10-18-11-22-24(13-36)39-23(28(37(22)3)26(18)29(40)30(16)43-4)12-21-27(33-32(45-15-46-33)17(2)31(21)44-5)25(39)14-38-34(41)19-8-6-7-9-20(19)35(38)42/h6-10,22-25,28,40H,11-12,14-15H2,1-5H3/t22-,23-,24-,25-,28-/m0/s1. The molecule has 3 aromatic carbocycles. The minimum Gasteiger partial charge on any atom is -0.504 e.